The maximum Gasteiger partial charge on any atom is 0.251 e. The van der Waals surface area contributed by atoms with E-state index in [9.17, 15) is 14.7 Å². The Morgan fingerprint density at radius 1 is 0.944 bits per heavy atom. The first-order chi connectivity index (χ1) is 17.3. The molecule has 1 aromatic heterocycles. The van der Waals surface area contributed by atoms with E-state index in [0.717, 1.165) is 12.8 Å². The lowest BCUT2D eigenvalue weighted by atomic mass is 10.1. The molecule has 0 bridgehead atoms. The van der Waals surface area contributed by atoms with Crippen molar-refractivity contribution in [3.8, 4) is 17.0 Å². The molecule has 0 aliphatic rings. The molecule has 194 valence electrons. The molecule has 1 amide bonds. The second-order valence-electron chi connectivity index (χ2n) is 9.23. The van der Waals surface area contributed by atoms with Gasteiger partial charge in [-0.2, -0.15) is 0 Å². The minimum atomic E-state index is -0.555. The fourth-order valence-electron chi connectivity index (χ4n) is 4.28. The summed E-state index contributed by atoms with van der Waals surface area (Å²) in [6.45, 7) is 2.84. The van der Waals surface area contributed by atoms with Gasteiger partial charge in [-0.05, 0) is 36.8 Å². The molecule has 3 aromatic rings. The number of H-pyrrole nitrogens is 1. The fraction of sp³-hybridized carbons (Fsp3) is 0.429. The van der Waals surface area contributed by atoms with Crippen molar-refractivity contribution in [3.05, 3.63) is 56.2 Å². The number of nitrogens with two attached hydrogens (primary N) is 1. The maximum atomic E-state index is 12.8. The van der Waals surface area contributed by atoms with Gasteiger partial charge in [0.15, 0.2) is 5.75 Å². The molecule has 0 unspecified atom stereocenters. The van der Waals surface area contributed by atoms with Gasteiger partial charge in [0.2, 0.25) is 5.43 Å². The van der Waals surface area contributed by atoms with E-state index in [-0.39, 0.29) is 32.7 Å². The summed E-state index contributed by atoms with van der Waals surface area (Å²) in [4.78, 5) is 28.5. The van der Waals surface area contributed by atoms with Crippen molar-refractivity contribution < 1.29 is 9.90 Å². The number of aromatic amines is 1. The number of benzene rings is 2. The average Bonchev–Trinajstić information content (AvgIpc) is 2.87. The summed E-state index contributed by atoms with van der Waals surface area (Å²) in [7, 11) is 0. The number of carbonyl (C=O) groups excluding carboxylic acids is 1. The molecule has 0 saturated carbocycles. The maximum absolute atomic E-state index is 12.8. The lowest BCUT2D eigenvalue weighted by Crippen LogP contribution is -2.24. The van der Waals surface area contributed by atoms with Crippen LogP contribution in [0.5, 0.6) is 5.75 Å². The molecule has 5 N–H and O–H groups in total. The smallest absolute Gasteiger partial charge is 0.251 e. The third kappa shape index (κ3) is 7.17. The number of aromatic hydroxyl groups is 1. The van der Waals surface area contributed by atoms with E-state index >= 15 is 0 Å². The summed E-state index contributed by atoms with van der Waals surface area (Å²) in [6.07, 6.45) is 12.4. The average molecular weight is 533 g/mol. The molecule has 6 nitrogen and oxygen atoms in total. The number of pyridine rings is 1. The van der Waals surface area contributed by atoms with Gasteiger partial charge in [0, 0.05) is 23.1 Å². The largest absolute Gasteiger partial charge is 0.503 e. The van der Waals surface area contributed by atoms with Gasteiger partial charge in [-0.1, -0.05) is 87.9 Å². The lowest BCUT2D eigenvalue weighted by Gasteiger charge is -2.11. The standard InChI is InChI=1S/C28H35Cl2N3O3/c1-2-3-4-5-6-7-8-9-10-11-14-32-28(36)18-12-13-20-23(17-18)33-25(27(35)26(20)34)19-15-21(29)24(31)22(30)16-19/h12-13,15-17,35H,2-11,14,31H2,1H3,(H,32,36)(H,33,34). The number of unbranched alkanes of at least 4 members (excludes halogenated alkanes) is 9. The van der Waals surface area contributed by atoms with E-state index in [4.69, 9.17) is 28.9 Å². The number of hydrogen-bond acceptors (Lipinski definition) is 4. The van der Waals surface area contributed by atoms with Crippen molar-refractivity contribution in [3.63, 3.8) is 0 Å². The number of amides is 1. The summed E-state index contributed by atoms with van der Waals surface area (Å²) in [5.74, 6) is -0.667. The van der Waals surface area contributed by atoms with E-state index in [1.807, 2.05) is 0 Å². The first-order valence-corrected chi connectivity index (χ1v) is 13.5. The van der Waals surface area contributed by atoms with E-state index in [0.29, 0.717) is 23.2 Å². The molecule has 0 saturated heterocycles. The van der Waals surface area contributed by atoms with Gasteiger partial charge in [-0.25, -0.2) is 0 Å². The Morgan fingerprint density at radius 2 is 1.53 bits per heavy atom. The number of nitrogens with one attached hydrogen (secondary N) is 2. The zero-order chi connectivity index (χ0) is 26.1. The molecule has 0 radical (unpaired) electrons. The molecule has 0 spiro atoms. The Balaban J connectivity index is 1.60. The highest BCUT2D eigenvalue weighted by molar-refractivity contribution is 6.39. The predicted octanol–water partition coefficient (Wildman–Crippen LogP) is 7.44. The Kier molecular flexibility index (Phi) is 10.5. The minimum absolute atomic E-state index is 0.152. The number of hydrogen-bond donors (Lipinski definition) is 4. The second kappa shape index (κ2) is 13.6. The highest BCUT2D eigenvalue weighted by atomic mass is 35.5. The van der Waals surface area contributed by atoms with Crippen molar-refractivity contribution in [2.24, 2.45) is 0 Å². The van der Waals surface area contributed by atoms with Crippen molar-refractivity contribution in [1.29, 1.82) is 0 Å². The van der Waals surface area contributed by atoms with Crippen molar-refractivity contribution in [1.82, 2.24) is 10.3 Å². The van der Waals surface area contributed by atoms with Gasteiger partial charge in [0.25, 0.3) is 5.91 Å². The summed E-state index contributed by atoms with van der Waals surface area (Å²) >= 11 is 12.3. The van der Waals surface area contributed by atoms with Crippen molar-refractivity contribution in [2.45, 2.75) is 71.1 Å². The zero-order valence-electron chi connectivity index (χ0n) is 20.8. The first-order valence-electron chi connectivity index (χ1n) is 12.8. The van der Waals surface area contributed by atoms with Crippen LogP contribution in [0.15, 0.2) is 35.1 Å². The van der Waals surface area contributed by atoms with Crippen LogP contribution >= 0.6 is 23.2 Å². The first kappa shape index (κ1) is 27.9. The summed E-state index contributed by atoms with van der Waals surface area (Å²) in [6, 6.07) is 7.76. The van der Waals surface area contributed by atoms with Crippen LogP contribution in [-0.2, 0) is 0 Å². The van der Waals surface area contributed by atoms with E-state index in [1.54, 1.807) is 12.1 Å². The summed E-state index contributed by atoms with van der Waals surface area (Å²) in [5, 5.41) is 14.1. The number of rotatable bonds is 13. The molecular weight excluding hydrogens is 497 g/mol. The SMILES string of the molecule is CCCCCCCCCCCCNC(=O)c1ccc2c(=O)c(O)c(-c3cc(Cl)c(N)c(Cl)c3)[nH]c2c1. The molecule has 3 rings (SSSR count). The molecule has 0 aliphatic heterocycles. The van der Waals surface area contributed by atoms with Gasteiger partial charge in [0.05, 0.1) is 26.9 Å². The molecule has 36 heavy (non-hydrogen) atoms. The number of nitrogen functional groups attached to an aromatic ring is 1. The van der Waals surface area contributed by atoms with Crippen molar-refractivity contribution in [2.75, 3.05) is 12.3 Å². The Hall–Kier alpha value is -2.70. The molecule has 2 aromatic carbocycles. The van der Waals surface area contributed by atoms with Crippen LogP contribution in [0.3, 0.4) is 0 Å². The molecule has 8 heteroatoms. The van der Waals surface area contributed by atoms with E-state index in [1.165, 1.54) is 69.6 Å². The van der Waals surface area contributed by atoms with Crippen LogP contribution in [0.4, 0.5) is 5.69 Å². The van der Waals surface area contributed by atoms with Crippen LogP contribution in [-0.4, -0.2) is 22.5 Å². The van der Waals surface area contributed by atoms with Crippen molar-refractivity contribution >= 4 is 45.7 Å². The molecule has 0 aliphatic carbocycles. The number of anilines is 1. The van der Waals surface area contributed by atoms with Gasteiger partial charge in [0.1, 0.15) is 0 Å². The van der Waals surface area contributed by atoms with E-state index < -0.39 is 11.2 Å². The third-order valence-corrected chi connectivity index (χ3v) is 7.05. The quantitative estimate of drug-likeness (QED) is 0.136. The summed E-state index contributed by atoms with van der Waals surface area (Å²) < 4.78 is 0. The number of halogens is 2. The molecule has 1 heterocycles. The number of fused-ring (bicyclic) bond motifs is 1. The van der Waals surface area contributed by atoms with Gasteiger partial charge < -0.3 is 21.1 Å². The lowest BCUT2D eigenvalue weighted by molar-refractivity contribution is 0.0953. The minimum Gasteiger partial charge on any atom is -0.503 e. The van der Waals surface area contributed by atoms with Crippen LogP contribution in [0.1, 0.15) is 81.5 Å². The second-order valence-corrected chi connectivity index (χ2v) is 10.0. The van der Waals surface area contributed by atoms with Crippen LogP contribution < -0.4 is 16.5 Å². The topological polar surface area (TPSA) is 108 Å². The van der Waals surface area contributed by atoms with Gasteiger partial charge >= 0.3 is 0 Å². The predicted molar refractivity (Wildman–Crippen MR) is 150 cm³/mol. The highest BCUT2D eigenvalue weighted by Crippen LogP contribution is 2.35. The zero-order valence-corrected chi connectivity index (χ0v) is 22.3. The monoisotopic (exact) mass is 531 g/mol. The van der Waals surface area contributed by atoms with E-state index in [2.05, 4.69) is 17.2 Å². The molecular formula is C28H35Cl2N3O3. The van der Waals surface area contributed by atoms with Crippen LogP contribution in [0, 0.1) is 0 Å². The normalized spacial score (nSPS) is 11.2. The van der Waals surface area contributed by atoms with Crippen LogP contribution in [0.25, 0.3) is 22.2 Å². The molecule has 0 fully saturated rings. The highest BCUT2D eigenvalue weighted by Gasteiger charge is 2.16. The van der Waals surface area contributed by atoms with Crippen LogP contribution in [0.2, 0.25) is 10.0 Å². The Bertz CT molecular complexity index is 1230. The number of carbonyl (C=O) groups is 1. The Morgan fingerprint density at radius 3 is 2.14 bits per heavy atom. The number of aromatic nitrogens is 1. The molecule has 0 atom stereocenters. The van der Waals surface area contributed by atoms with Gasteiger partial charge in [-0.3, -0.25) is 9.59 Å². The van der Waals surface area contributed by atoms with Gasteiger partial charge in [-0.15, -0.1) is 0 Å². The Labute approximate surface area is 222 Å². The summed E-state index contributed by atoms with van der Waals surface area (Å²) in [5.41, 5.74) is 6.86. The fourth-order valence-corrected chi connectivity index (χ4v) is 4.76. The third-order valence-electron chi connectivity index (χ3n) is 6.42.